The molecule has 0 rings (SSSR count). The average molecular weight is 122 g/mol. The highest BCUT2D eigenvalue weighted by atomic mass is 32.1. The summed E-state index contributed by atoms with van der Waals surface area (Å²) in [7, 11) is 0. The lowest BCUT2D eigenvalue weighted by Gasteiger charge is -2.00. The molecule has 0 aromatic rings. The van der Waals surface area contributed by atoms with Gasteiger partial charge in [-0.05, 0) is 6.42 Å². The van der Waals surface area contributed by atoms with Gasteiger partial charge in [-0.1, -0.05) is 0 Å². The molecule has 0 saturated heterocycles. The summed E-state index contributed by atoms with van der Waals surface area (Å²) in [6, 6.07) is 0. The molecule has 0 aliphatic heterocycles. The molecular weight excluding hydrogens is 112 g/mol. The van der Waals surface area contributed by atoms with E-state index in [1.807, 2.05) is 0 Å². The molecule has 2 N–H and O–H groups in total. The lowest BCUT2D eigenvalue weighted by molar-refractivity contribution is 0.152. The first kappa shape index (κ1) is 7.27. The smallest absolute Gasteiger partial charge is 0.0649 e. The van der Waals surface area contributed by atoms with Crippen LogP contribution in [-0.2, 0) is 0 Å². The minimum atomic E-state index is -0.437. The van der Waals surface area contributed by atoms with Crippen LogP contribution in [0.1, 0.15) is 6.42 Å². The maximum Gasteiger partial charge on any atom is 0.0649 e. The average Bonchev–Trinajstić information content (AvgIpc) is 1.68. The summed E-state index contributed by atoms with van der Waals surface area (Å²) >= 11 is 3.79. The summed E-state index contributed by atoms with van der Waals surface area (Å²) in [5.74, 6) is 0.431. The van der Waals surface area contributed by atoms with Gasteiger partial charge in [0.25, 0.3) is 0 Å². The van der Waals surface area contributed by atoms with Gasteiger partial charge in [-0.3, -0.25) is 0 Å². The van der Waals surface area contributed by atoms with Crippen LogP contribution in [0, 0.1) is 0 Å². The van der Waals surface area contributed by atoms with Crippen molar-refractivity contribution in [2.75, 3.05) is 12.4 Å². The van der Waals surface area contributed by atoms with E-state index >= 15 is 0 Å². The van der Waals surface area contributed by atoms with E-state index in [-0.39, 0.29) is 6.61 Å². The second-order valence-corrected chi connectivity index (χ2v) is 1.71. The van der Waals surface area contributed by atoms with Crippen LogP contribution in [0.4, 0.5) is 0 Å². The Labute approximate surface area is 48.6 Å². The molecule has 0 aliphatic carbocycles. The van der Waals surface area contributed by atoms with Gasteiger partial charge in [-0.2, -0.15) is 12.6 Å². The van der Waals surface area contributed by atoms with Crippen molar-refractivity contribution in [1.29, 1.82) is 0 Å². The van der Waals surface area contributed by atoms with Crippen molar-refractivity contribution < 1.29 is 10.2 Å². The van der Waals surface area contributed by atoms with Crippen LogP contribution in [0.3, 0.4) is 0 Å². The number of rotatable bonds is 3. The summed E-state index contributed by atoms with van der Waals surface area (Å²) in [4.78, 5) is 0. The quantitative estimate of drug-likeness (QED) is 0.448. The van der Waals surface area contributed by atoms with E-state index in [4.69, 9.17) is 10.2 Å². The van der Waals surface area contributed by atoms with Gasteiger partial charge in [0.1, 0.15) is 0 Å². The monoisotopic (exact) mass is 122 g/mol. The molecule has 0 saturated carbocycles. The minimum Gasteiger partial charge on any atom is -0.396 e. The Morgan fingerprint density at radius 3 is 2.29 bits per heavy atom. The van der Waals surface area contributed by atoms with Gasteiger partial charge < -0.3 is 10.2 Å². The summed E-state index contributed by atoms with van der Waals surface area (Å²) < 4.78 is 0. The summed E-state index contributed by atoms with van der Waals surface area (Å²) in [6.45, 7) is 0.0434. The highest BCUT2D eigenvalue weighted by molar-refractivity contribution is 7.80. The first-order chi connectivity index (χ1) is 3.31. The summed E-state index contributed by atoms with van der Waals surface area (Å²) in [5.41, 5.74) is 0. The maximum atomic E-state index is 8.62. The third-order valence-electron chi connectivity index (χ3n) is 0.673. The molecule has 7 heavy (non-hydrogen) atoms. The first-order valence-corrected chi connectivity index (χ1v) is 2.84. The predicted octanol–water partition coefficient (Wildman–Crippen LogP) is -0.340. The van der Waals surface area contributed by atoms with Crippen LogP contribution >= 0.6 is 12.6 Å². The predicted molar refractivity (Wildman–Crippen MR) is 31.6 cm³/mol. The molecule has 0 spiro atoms. The topological polar surface area (TPSA) is 40.5 Å². The number of aliphatic hydroxyl groups excluding tert-OH is 2. The zero-order chi connectivity index (χ0) is 5.70. The van der Waals surface area contributed by atoms with Crippen LogP contribution in [0.25, 0.3) is 0 Å². The Hall–Kier alpha value is 0.270. The first-order valence-electron chi connectivity index (χ1n) is 2.21. The highest BCUT2D eigenvalue weighted by Gasteiger charge is 1.96. The third kappa shape index (κ3) is 4.12. The van der Waals surface area contributed by atoms with E-state index in [9.17, 15) is 0 Å². The van der Waals surface area contributed by atoms with Gasteiger partial charge in [0.2, 0.25) is 0 Å². The molecule has 44 valence electrons. The summed E-state index contributed by atoms with van der Waals surface area (Å²) in [5, 5.41) is 16.8. The Bertz CT molecular complexity index is 40.7. The van der Waals surface area contributed by atoms with Gasteiger partial charge in [-0.15, -0.1) is 0 Å². The van der Waals surface area contributed by atoms with E-state index in [2.05, 4.69) is 12.6 Å². The Kier molecular flexibility index (Phi) is 4.60. The molecule has 0 fully saturated rings. The molecule has 0 aromatic carbocycles. The molecule has 1 atom stereocenters. The second kappa shape index (κ2) is 4.43. The molecule has 0 aliphatic rings. The molecule has 1 unspecified atom stereocenters. The van der Waals surface area contributed by atoms with Crippen molar-refractivity contribution in [2.24, 2.45) is 0 Å². The van der Waals surface area contributed by atoms with Gasteiger partial charge in [0, 0.05) is 12.4 Å². The third-order valence-corrected chi connectivity index (χ3v) is 1.09. The fraction of sp³-hybridized carbons (Fsp3) is 1.00. The van der Waals surface area contributed by atoms with E-state index in [0.717, 1.165) is 0 Å². The van der Waals surface area contributed by atoms with E-state index < -0.39 is 6.10 Å². The zero-order valence-electron chi connectivity index (χ0n) is 4.04. The maximum absolute atomic E-state index is 8.62. The fourth-order valence-corrected chi connectivity index (χ4v) is 0.423. The second-order valence-electron chi connectivity index (χ2n) is 1.35. The molecule has 0 aromatic heterocycles. The molecule has 3 heteroatoms. The fourth-order valence-electron chi connectivity index (χ4n) is 0.240. The van der Waals surface area contributed by atoms with Crippen molar-refractivity contribution >= 4 is 12.6 Å². The standard InChI is InChI=1S/C4H10O2S/c5-2-1-4(6)3-7/h4-7H,1-3H2. The molecule has 0 radical (unpaired) electrons. The Morgan fingerprint density at radius 1 is 1.57 bits per heavy atom. The van der Waals surface area contributed by atoms with E-state index in [1.165, 1.54) is 0 Å². The number of hydrogen-bond acceptors (Lipinski definition) is 3. The van der Waals surface area contributed by atoms with Crippen molar-refractivity contribution in [1.82, 2.24) is 0 Å². The van der Waals surface area contributed by atoms with Gasteiger partial charge in [0.15, 0.2) is 0 Å². The largest absolute Gasteiger partial charge is 0.396 e. The molecule has 0 bridgehead atoms. The normalized spacial score (nSPS) is 14.1. The number of hydrogen-bond donors (Lipinski definition) is 3. The van der Waals surface area contributed by atoms with Crippen LogP contribution in [0.15, 0.2) is 0 Å². The molecule has 0 amide bonds. The Balaban J connectivity index is 2.83. The zero-order valence-corrected chi connectivity index (χ0v) is 4.93. The van der Waals surface area contributed by atoms with Gasteiger partial charge in [0.05, 0.1) is 6.10 Å². The number of aliphatic hydroxyl groups is 2. The van der Waals surface area contributed by atoms with Crippen molar-refractivity contribution in [3.8, 4) is 0 Å². The highest BCUT2D eigenvalue weighted by Crippen LogP contribution is 1.90. The van der Waals surface area contributed by atoms with Gasteiger partial charge in [-0.25, -0.2) is 0 Å². The number of thiol groups is 1. The lowest BCUT2D eigenvalue weighted by Crippen LogP contribution is -2.09. The molecular formula is C4H10O2S. The molecule has 2 nitrogen and oxygen atoms in total. The van der Waals surface area contributed by atoms with Crippen LogP contribution in [0.5, 0.6) is 0 Å². The SMILES string of the molecule is OCCC(O)CS. The van der Waals surface area contributed by atoms with Crippen molar-refractivity contribution in [2.45, 2.75) is 12.5 Å². The van der Waals surface area contributed by atoms with Gasteiger partial charge >= 0.3 is 0 Å². The minimum absolute atomic E-state index is 0.0434. The van der Waals surface area contributed by atoms with Crippen molar-refractivity contribution in [3.05, 3.63) is 0 Å². The molecule has 0 heterocycles. The van der Waals surface area contributed by atoms with E-state index in [0.29, 0.717) is 12.2 Å². The van der Waals surface area contributed by atoms with Crippen molar-refractivity contribution in [3.63, 3.8) is 0 Å². The summed E-state index contributed by atoms with van der Waals surface area (Å²) in [6.07, 6.45) is -0.00270. The van der Waals surface area contributed by atoms with Crippen LogP contribution < -0.4 is 0 Å². The lowest BCUT2D eigenvalue weighted by atomic mass is 10.3. The Morgan fingerprint density at radius 2 is 2.14 bits per heavy atom. The van der Waals surface area contributed by atoms with E-state index in [1.54, 1.807) is 0 Å². The van der Waals surface area contributed by atoms with Crippen LogP contribution in [0.2, 0.25) is 0 Å². The van der Waals surface area contributed by atoms with Crippen LogP contribution in [-0.4, -0.2) is 28.7 Å².